The van der Waals surface area contributed by atoms with Crippen LogP contribution in [-0.4, -0.2) is 56.0 Å². The summed E-state index contributed by atoms with van der Waals surface area (Å²) in [6.45, 7) is 0.743. The highest BCUT2D eigenvalue weighted by atomic mass is 19.1. The Hall–Kier alpha value is -4.31. The van der Waals surface area contributed by atoms with Gasteiger partial charge in [0.05, 0.1) is 30.6 Å². The summed E-state index contributed by atoms with van der Waals surface area (Å²) in [7, 11) is 4.72. The highest BCUT2D eigenvalue weighted by Crippen LogP contribution is 2.34. The van der Waals surface area contributed by atoms with Gasteiger partial charge in [-0.2, -0.15) is 0 Å². The van der Waals surface area contributed by atoms with Crippen molar-refractivity contribution in [2.45, 2.75) is 0 Å². The molecule has 0 aliphatic heterocycles. The van der Waals surface area contributed by atoms with E-state index in [2.05, 4.69) is 15.3 Å². The highest BCUT2D eigenvalue weighted by molar-refractivity contribution is 6.22. The first-order valence-corrected chi connectivity index (χ1v) is 10.6. The maximum absolute atomic E-state index is 13.2. The number of ketones is 2. The first-order chi connectivity index (χ1) is 16.9. The molecule has 0 atom stereocenters. The van der Waals surface area contributed by atoms with E-state index in [0.29, 0.717) is 47.1 Å². The molecule has 0 saturated heterocycles. The summed E-state index contributed by atoms with van der Waals surface area (Å²) in [5.74, 6) is 0.0788. The second-order valence-electron chi connectivity index (χ2n) is 7.56. The number of halogens is 1. The summed E-state index contributed by atoms with van der Waals surface area (Å²) in [6, 6.07) is 9.02. The lowest BCUT2D eigenvalue weighted by atomic mass is 10.0. The van der Waals surface area contributed by atoms with Gasteiger partial charge in [0.2, 0.25) is 11.6 Å². The maximum atomic E-state index is 13.2. The number of fused-ring (bicyclic) bond motifs is 1. The van der Waals surface area contributed by atoms with Crippen molar-refractivity contribution in [3.8, 4) is 11.5 Å². The Morgan fingerprint density at radius 1 is 0.971 bits per heavy atom. The van der Waals surface area contributed by atoms with E-state index in [1.165, 1.54) is 54.8 Å². The number of hydrogen-bond acceptors (Lipinski definition) is 9. The molecule has 1 aliphatic rings. The number of likely N-dealkylation sites (N-methyl/N-ethyl adjacent to an activating group) is 1. The molecule has 10 heteroatoms. The van der Waals surface area contributed by atoms with Crippen LogP contribution < -0.4 is 19.7 Å². The normalized spacial score (nSPS) is 13.4. The number of carbonyl (C=O) groups is 2. The Balaban J connectivity index is 1.59. The summed E-state index contributed by atoms with van der Waals surface area (Å²) in [4.78, 5) is 35.7. The summed E-state index contributed by atoms with van der Waals surface area (Å²) >= 11 is 0. The zero-order valence-corrected chi connectivity index (χ0v) is 19.4. The monoisotopic (exact) mass is 478 g/mol. The smallest absolute Gasteiger partial charge is 0.204 e. The predicted molar refractivity (Wildman–Crippen MR) is 128 cm³/mol. The van der Waals surface area contributed by atoms with E-state index in [4.69, 9.17) is 14.2 Å². The molecule has 4 rings (SSSR count). The van der Waals surface area contributed by atoms with Crippen molar-refractivity contribution in [2.24, 2.45) is 0 Å². The van der Waals surface area contributed by atoms with Crippen LogP contribution in [0.2, 0.25) is 0 Å². The number of aromatic nitrogens is 2. The van der Waals surface area contributed by atoms with Gasteiger partial charge in [-0.25, -0.2) is 14.4 Å². The van der Waals surface area contributed by atoms with Gasteiger partial charge in [0, 0.05) is 43.4 Å². The number of allylic oxidation sites excluding steroid dienone is 2. The number of methoxy groups -OCH3 is 2. The lowest BCUT2D eigenvalue weighted by Crippen LogP contribution is -2.28. The highest BCUT2D eigenvalue weighted by Gasteiger charge is 2.25. The van der Waals surface area contributed by atoms with E-state index in [1.807, 2.05) is 0 Å². The molecule has 180 valence electrons. The van der Waals surface area contributed by atoms with Crippen LogP contribution in [0, 0.1) is 5.82 Å². The molecule has 3 aromatic rings. The molecule has 1 aliphatic carbocycles. The zero-order chi connectivity index (χ0) is 24.9. The van der Waals surface area contributed by atoms with Gasteiger partial charge in [-0.05, 0) is 30.3 Å². The van der Waals surface area contributed by atoms with Gasteiger partial charge in [-0.3, -0.25) is 9.59 Å². The Kier molecular flexibility index (Phi) is 7.02. The van der Waals surface area contributed by atoms with E-state index in [9.17, 15) is 14.0 Å². The average molecular weight is 478 g/mol. The summed E-state index contributed by atoms with van der Waals surface area (Å²) in [5, 5.41) is 3.52. The van der Waals surface area contributed by atoms with Crippen molar-refractivity contribution in [3.63, 3.8) is 0 Å². The first-order valence-electron chi connectivity index (χ1n) is 10.6. The lowest BCUT2D eigenvalue weighted by molar-refractivity contribution is -0.115. The number of rotatable bonds is 9. The topological polar surface area (TPSA) is 103 Å². The number of anilines is 2. The van der Waals surface area contributed by atoms with Crippen LogP contribution in [-0.2, 0) is 14.3 Å². The van der Waals surface area contributed by atoms with E-state index in [-0.39, 0.29) is 17.2 Å². The van der Waals surface area contributed by atoms with Crippen LogP contribution in [0.15, 0.2) is 66.3 Å². The molecule has 1 N–H and O–H groups in total. The van der Waals surface area contributed by atoms with E-state index < -0.39 is 11.6 Å². The molecule has 0 radical (unpaired) electrons. The standard InChI is InChI=1S/C25H23FN4O5/c1-30(16-6-4-15(26)5-7-16)20-13-21(31)19(11-22(20)32)29-25-17-10-23(34-3)24(35-9-8-33-2)12-18(17)27-14-28-25/h4-7,10-14H,8-9H2,1-3H3,(H,27,28,29). The van der Waals surface area contributed by atoms with Gasteiger partial charge >= 0.3 is 0 Å². The first kappa shape index (κ1) is 23.8. The molecule has 0 bridgehead atoms. The Labute approximate surface area is 200 Å². The number of carbonyl (C=O) groups excluding carboxylic acids is 2. The van der Waals surface area contributed by atoms with Crippen molar-refractivity contribution < 1.29 is 28.2 Å². The third-order valence-corrected chi connectivity index (χ3v) is 5.36. The number of nitrogens with one attached hydrogen (secondary N) is 1. The maximum Gasteiger partial charge on any atom is 0.204 e. The van der Waals surface area contributed by atoms with Crippen LogP contribution in [0.1, 0.15) is 0 Å². The molecule has 0 saturated carbocycles. The van der Waals surface area contributed by atoms with Crippen LogP contribution in [0.5, 0.6) is 11.5 Å². The quantitative estimate of drug-likeness (QED) is 0.367. The summed E-state index contributed by atoms with van der Waals surface area (Å²) < 4.78 is 29.4. The van der Waals surface area contributed by atoms with Crippen LogP contribution in [0.25, 0.3) is 10.9 Å². The number of hydrogen-bond donors (Lipinski definition) is 1. The fraction of sp³-hybridized carbons (Fsp3) is 0.200. The van der Waals surface area contributed by atoms with Crippen molar-refractivity contribution in [1.29, 1.82) is 0 Å². The second-order valence-corrected chi connectivity index (χ2v) is 7.56. The minimum Gasteiger partial charge on any atom is -0.493 e. The number of benzene rings is 2. The van der Waals surface area contributed by atoms with E-state index in [1.54, 1.807) is 26.3 Å². The fourth-order valence-electron chi connectivity index (χ4n) is 3.51. The van der Waals surface area contributed by atoms with Gasteiger partial charge in [0.15, 0.2) is 11.5 Å². The molecule has 1 heterocycles. The third kappa shape index (κ3) is 5.12. The molecule has 0 fully saturated rings. The minimum absolute atomic E-state index is 0.0608. The third-order valence-electron chi connectivity index (χ3n) is 5.36. The molecule has 0 spiro atoms. The molecule has 35 heavy (non-hydrogen) atoms. The average Bonchev–Trinajstić information content (AvgIpc) is 2.86. The SMILES string of the molecule is COCCOc1cc2ncnc(NC3=CC(=O)C(N(C)c4ccc(F)cc4)=CC3=O)c2cc1OC. The Morgan fingerprint density at radius 2 is 1.74 bits per heavy atom. The Bertz CT molecular complexity index is 1340. The largest absolute Gasteiger partial charge is 0.493 e. The molecule has 2 aromatic carbocycles. The molecular formula is C25H23FN4O5. The van der Waals surface area contributed by atoms with Crippen LogP contribution in [0.4, 0.5) is 15.9 Å². The fourth-order valence-corrected chi connectivity index (χ4v) is 3.51. The molecule has 0 amide bonds. The predicted octanol–water partition coefficient (Wildman–Crippen LogP) is 3.27. The summed E-state index contributed by atoms with van der Waals surface area (Å²) in [5.41, 5.74) is 1.35. The van der Waals surface area contributed by atoms with Crippen molar-refractivity contribution >= 4 is 34.0 Å². The number of ether oxygens (including phenoxy) is 3. The molecule has 9 nitrogen and oxygen atoms in total. The van der Waals surface area contributed by atoms with Gasteiger partial charge < -0.3 is 24.4 Å². The van der Waals surface area contributed by atoms with Crippen molar-refractivity contribution in [2.75, 3.05) is 44.7 Å². The number of nitrogens with zero attached hydrogens (tertiary/aromatic N) is 3. The van der Waals surface area contributed by atoms with Gasteiger partial charge in [-0.15, -0.1) is 0 Å². The van der Waals surface area contributed by atoms with Crippen LogP contribution in [0.3, 0.4) is 0 Å². The van der Waals surface area contributed by atoms with E-state index >= 15 is 0 Å². The van der Waals surface area contributed by atoms with Gasteiger partial charge in [-0.1, -0.05) is 0 Å². The zero-order valence-electron chi connectivity index (χ0n) is 19.4. The van der Waals surface area contributed by atoms with Crippen molar-refractivity contribution in [3.05, 3.63) is 72.1 Å². The lowest BCUT2D eigenvalue weighted by Gasteiger charge is -2.23. The van der Waals surface area contributed by atoms with Gasteiger partial charge in [0.25, 0.3) is 0 Å². The summed E-state index contributed by atoms with van der Waals surface area (Å²) in [6.07, 6.45) is 3.79. The van der Waals surface area contributed by atoms with Crippen LogP contribution >= 0.6 is 0 Å². The minimum atomic E-state index is -0.410. The van der Waals surface area contributed by atoms with Gasteiger partial charge in [0.1, 0.15) is 24.6 Å². The Morgan fingerprint density at radius 3 is 2.46 bits per heavy atom. The second kappa shape index (κ2) is 10.3. The van der Waals surface area contributed by atoms with Crippen molar-refractivity contribution in [1.82, 2.24) is 9.97 Å². The molecular weight excluding hydrogens is 455 g/mol. The molecule has 0 unspecified atom stereocenters. The molecule has 1 aromatic heterocycles. The van der Waals surface area contributed by atoms with E-state index in [0.717, 1.165) is 0 Å².